The van der Waals surface area contributed by atoms with Crippen molar-refractivity contribution in [1.29, 1.82) is 0 Å². The molecule has 0 saturated carbocycles. The van der Waals surface area contributed by atoms with E-state index < -0.39 is 24.2 Å². The molecule has 1 aliphatic heterocycles. The molecule has 55 heavy (non-hydrogen) atoms. The molecule has 282 valence electrons. The lowest BCUT2D eigenvalue weighted by molar-refractivity contribution is 0.956. The molecule has 5 rings (SSSR count). The first-order valence-electron chi connectivity index (χ1n) is 20.3. The molecule has 0 unspecified atom stereocenters. The summed E-state index contributed by atoms with van der Waals surface area (Å²) >= 11 is 0. The van der Waals surface area contributed by atoms with Crippen molar-refractivity contribution in [2.75, 3.05) is 0 Å². The molecular formula is C52H62Si3. The molecule has 0 nitrogen and oxygen atoms in total. The normalized spacial score (nSPS) is 14.0. The fourth-order valence-corrected chi connectivity index (χ4v) is 24.3. The molecule has 3 heteroatoms. The largest absolute Gasteiger partial charge is 0.121 e. The van der Waals surface area contributed by atoms with Crippen LogP contribution in [0.5, 0.6) is 0 Å². The molecule has 1 aliphatic rings. The Balaban J connectivity index is 1.85. The van der Waals surface area contributed by atoms with Gasteiger partial charge in [-0.15, -0.1) is 39.5 Å². The highest BCUT2D eigenvalue weighted by Gasteiger charge is 2.50. The van der Waals surface area contributed by atoms with Crippen LogP contribution in [0, 0.1) is 0 Å². The second-order valence-electron chi connectivity index (χ2n) is 15.7. The van der Waals surface area contributed by atoms with Gasteiger partial charge in [0.15, 0.2) is 0 Å². The van der Waals surface area contributed by atoms with Crippen molar-refractivity contribution in [2.45, 2.75) is 73.3 Å². The van der Waals surface area contributed by atoms with Gasteiger partial charge in [0.05, 0.1) is 16.1 Å². The number of allylic oxidation sites excluding steroid dienone is 8. The highest BCUT2D eigenvalue weighted by molar-refractivity contribution is 7.14. The molecule has 0 fully saturated rings. The smallest absolute Gasteiger partial charge is 0.103 e. The SMILES string of the molecule is C=CC[Si](CC=C)(CC=C)CCC[Si]1(CCC[Si](CC=C)(CC=C)CC=C)C(c2ccccc2)=C(c2ccccc2)C(c2ccccc2)=C1c1ccccc1. The van der Waals surface area contributed by atoms with Crippen LogP contribution < -0.4 is 0 Å². The lowest BCUT2D eigenvalue weighted by atomic mass is 9.89. The van der Waals surface area contributed by atoms with Gasteiger partial charge in [-0.2, -0.15) is 0 Å². The molecule has 1 heterocycles. The minimum Gasteiger partial charge on any atom is -0.103 e. The van der Waals surface area contributed by atoms with Crippen molar-refractivity contribution in [2.24, 2.45) is 0 Å². The molecule has 0 saturated heterocycles. The Bertz CT molecular complexity index is 1750. The van der Waals surface area contributed by atoms with Gasteiger partial charge >= 0.3 is 0 Å². The van der Waals surface area contributed by atoms with Crippen molar-refractivity contribution in [1.82, 2.24) is 0 Å². The van der Waals surface area contributed by atoms with E-state index in [1.807, 2.05) is 0 Å². The topological polar surface area (TPSA) is 0 Å². The molecule has 0 aliphatic carbocycles. The molecular weight excluding hydrogens is 709 g/mol. The van der Waals surface area contributed by atoms with E-state index in [0.29, 0.717) is 0 Å². The Morgan fingerprint density at radius 3 is 0.873 bits per heavy atom. The van der Waals surface area contributed by atoms with Crippen LogP contribution in [-0.4, -0.2) is 24.2 Å². The van der Waals surface area contributed by atoms with Gasteiger partial charge in [0, 0.05) is 0 Å². The fourth-order valence-electron chi connectivity index (χ4n) is 9.80. The maximum absolute atomic E-state index is 4.25. The maximum atomic E-state index is 4.25. The average molecular weight is 771 g/mol. The summed E-state index contributed by atoms with van der Waals surface area (Å²) < 4.78 is 0. The first kappa shape index (κ1) is 41.6. The summed E-state index contributed by atoms with van der Waals surface area (Å²) in [6, 6.07) is 57.0. The van der Waals surface area contributed by atoms with Crippen LogP contribution in [0.25, 0.3) is 21.5 Å². The van der Waals surface area contributed by atoms with Crippen molar-refractivity contribution in [3.8, 4) is 0 Å². The van der Waals surface area contributed by atoms with Crippen LogP contribution in [0.2, 0.25) is 60.4 Å². The predicted molar refractivity (Wildman–Crippen MR) is 255 cm³/mol. The van der Waals surface area contributed by atoms with Crippen LogP contribution in [0.15, 0.2) is 197 Å². The molecule has 0 atom stereocenters. The molecule has 0 aromatic heterocycles. The van der Waals surface area contributed by atoms with E-state index in [9.17, 15) is 0 Å². The van der Waals surface area contributed by atoms with Gasteiger partial charge in [0.1, 0.15) is 8.07 Å². The monoisotopic (exact) mass is 770 g/mol. The van der Waals surface area contributed by atoms with E-state index in [0.717, 1.165) is 36.3 Å². The minimum absolute atomic E-state index is 1.10. The van der Waals surface area contributed by atoms with E-state index in [-0.39, 0.29) is 0 Å². The van der Waals surface area contributed by atoms with Crippen molar-refractivity contribution < 1.29 is 0 Å². The first-order valence-corrected chi connectivity index (χ1v) is 28.4. The van der Waals surface area contributed by atoms with Crippen LogP contribution >= 0.6 is 0 Å². The van der Waals surface area contributed by atoms with Gasteiger partial charge in [0.2, 0.25) is 0 Å². The van der Waals surface area contributed by atoms with Crippen molar-refractivity contribution in [3.05, 3.63) is 220 Å². The first-order chi connectivity index (χ1) is 27.0. The number of hydrogen-bond donors (Lipinski definition) is 0. The van der Waals surface area contributed by atoms with Gasteiger partial charge in [-0.05, 0) is 92.1 Å². The Morgan fingerprint density at radius 2 is 0.618 bits per heavy atom. The van der Waals surface area contributed by atoms with E-state index in [4.69, 9.17) is 0 Å². The third-order valence-electron chi connectivity index (χ3n) is 12.0. The third kappa shape index (κ3) is 9.64. The highest BCUT2D eigenvalue weighted by atomic mass is 28.3. The number of hydrogen-bond acceptors (Lipinski definition) is 0. The molecule has 0 radical (unpaired) electrons. The number of benzene rings is 4. The summed E-state index contributed by atoms with van der Waals surface area (Å²) in [5.41, 5.74) is 8.25. The highest BCUT2D eigenvalue weighted by Crippen LogP contribution is 2.59. The summed E-state index contributed by atoms with van der Waals surface area (Å²) in [6.07, 6.45) is 15.5. The van der Waals surface area contributed by atoms with Crippen LogP contribution in [0.3, 0.4) is 0 Å². The van der Waals surface area contributed by atoms with E-state index in [2.05, 4.69) is 197 Å². The van der Waals surface area contributed by atoms with E-state index in [1.165, 1.54) is 70.4 Å². The van der Waals surface area contributed by atoms with Crippen molar-refractivity contribution >= 4 is 45.8 Å². The van der Waals surface area contributed by atoms with Gasteiger partial charge in [-0.3, -0.25) is 0 Å². The average Bonchev–Trinajstić information content (AvgIpc) is 3.50. The molecule has 4 aromatic rings. The Morgan fingerprint density at radius 1 is 0.364 bits per heavy atom. The predicted octanol–water partition coefficient (Wildman–Crippen LogP) is 15.5. The molecule has 0 N–H and O–H groups in total. The van der Waals surface area contributed by atoms with E-state index >= 15 is 0 Å². The van der Waals surface area contributed by atoms with Crippen LogP contribution in [0.1, 0.15) is 35.1 Å². The zero-order valence-electron chi connectivity index (χ0n) is 33.2. The Labute approximate surface area is 336 Å². The second kappa shape index (κ2) is 20.4. The lowest BCUT2D eigenvalue weighted by Gasteiger charge is -2.38. The Hall–Kier alpha value is -4.55. The van der Waals surface area contributed by atoms with Gasteiger partial charge in [-0.1, -0.05) is 183 Å². The summed E-state index contributed by atoms with van der Waals surface area (Å²) in [6.45, 7) is 25.5. The summed E-state index contributed by atoms with van der Waals surface area (Å²) in [5.74, 6) is 0. The lowest BCUT2D eigenvalue weighted by Crippen LogP contribution is -2.40. The summed E-state index contributed by atoms with van der Waals surface area (Å²) in [7, 11) is -6.05. The van der Waals surface area contributed by atoms with E-state index in [1.54, 1.807) is 10.4 Å². The third-order valence-corrected chi connectivity index (χ3v) is 27.2. The zero-order valence-corrected chi connectivity index (χ0v) is 36.2. The molecule has 0 spiro atoms. The summed E-state index contributed by atoms with van der Waals surface area (Å²) in [4.78, 5) is 0. The maximum Gasteiger partial charge on any atom is 0.121 e. The fraction of sp³-hybridized carbons (Fsp3) is 0.231. The second-order valence-corrected chi connectivity index (χ2v) is 29.3. The van der Waals surface area contributed by atoms with Crippen LogP contribution in [0.4, 0.5) is 0 Å². The van der Waals surface area contributed by atoms with Crippen molar-refractivity contribution in [3.63, 3.8) is 0 Å². The summed E-state index contributed by atoms with van der Waals surface area (Å²) in [5, 5.41) is 3.23. The van der Waals surface area contributed by atoms with Gasteiger partial charge in [0.25, 0.3) is 0 Å². The van der Waals surface area contributed by atoms with Gasteiger partial charge in [-0.25, -0.2) is 0 Å². The standard InChI is InChI=1S/C52H62Si3/c1-7-35-53(36-8-2,37-9-3)41-25-43-55(44-26-42-54(38-10-4,39-11-5)40-12-6)51(47-31-21-15-22-32-47)49(45-27-17-13-18-28-45)50(46-29-19-14-20-30-46)52(55)48-33-23-16-24-34-48/h7-24,27-34H,1-6,25-26,35-44H2. The molecule has 0 amide bonds. The van der Waals surface area contributed by atoms with Crippen LogP contribution in [-0.2, 0) is 0 Å². The molecule has 4 aromatic carbocycles. The number of rotatable bonds is 24. The zero-order chi connectivity index (χ0) is 39.0. The Kier molecular flexibility index (Phi) is 15.4. The van der Waals surface area contributed by atoms with Gasteiger partial charge < -0.3 is 0 Å². The molecule has 0 bridgehead atoms. The minimum atomic E-state index is -2.55. The quantitative estimate of drug-likeness (QED) is 0.0492.